The van der Waals surface area contributed by atoms with Crippen LogP contribution in [-0.2, 0) is 30.7 Å². The second-order valence-electron chi connectivity index (χ2n) is 4.42. The lowest BCUT2D eigenvalue weighted by molar-refractivity contribution is 0.571. The van der Waals surface area contributed by atoms with Crippen molar-refractivity contribution in [1.29, 1.82) is 0 Å². The predicted molar refractivity (Wildman–Crippen MR) is 77.8 cm³/mol. The highest BCUT2D eigenvalue weighted by Gasteiger charge is 2.21. The third-order valence-corrected chi connectivity index (χ3v) is 5.11. The molecule has 2 aromatic rings. The number of hydrogen-bond acceptors (Lipinski definition) is 6. The first-order valence-corrected chi connectivity index (χ1v) is 8.20. The van der Waals surface area contributed by atoms with Gasteiger partial charge in [-0.15, -0.1) is 11.3 Å². The molecule has 1 N–H and O–H groups in total. The minimum Gasteiger partial charge on any atom is -0.302 e. The number of aromatic nitrogens is 3. The van der Waals surface area contributed by atoms with E-state index >= 15 is 0 Å². The molecule has 2 rings (SSSR count). The number of sulfonamides is 1. The minimum absolute atomic E-state index is 0.0415. The summed E-state index contributed by atoms with van der Waals surface area (Å²) in [6.45, 7) is 1.85. The Morgan fingerprint density at radius 2 is 2.00 bits per heavy atom. The Labute approximate surface area is 124 Å². The van der Waals surface area contributed by atoms with E-state index in [1.807, 2.05) is 6.92 Å². The van der Waals surface area contributed by atoms with Crippen LogP contribution in [-0.4, -0.2) is 22.5 Å². The van der Waals surface area contributed by atoms with Gasteiger partial charge in [0.05, 0.1) is 5.01 Å². The number of thiazole rings is 1. The summed E-state index contributed by atoms with van der Waals surface area (Å²) in [5.41, 5.74) is -1.44. The smallest absolute Gasteiger partial charge is 0.302 e. The molecule has 0 spiro atoms. The average molecular weight is 330 g/mol. The molecule has 10 heteroatoms. The van der Waals surface area contributed by atoms with Gasteiger partial charge in [-0.2, -0.15) is 0 Å². The summed E-state index contributed by atoms with van der Waals surface area (Å²) in [4.78, 5) is 27.8. The molecule has 8 nitrogen and oxygen atoms in total. The standard InChI is InChI=1S/C11H14N4O4S2/c1-7-12-4-8(20-7)5-13-21(18,19)9-6-14(2)11(17)15(3)10(9)16/h4,6,13H,5H2,1-3H3. The van der Waals surface area contributed by atoms with Crippen molar-refractivity contribution in [1.82, 2.24) is 18.8 Å². The molecule has 0 fully saturated rings. The second-order valence-corrected chi connectivity index (χ2v) is 7.48. The topological polar surface area (TPSA) is 103 Å². The maximum atomic E-state index is 12.2. The fourth-order valence-corrected chi connectivity index (χ4v) is 3.68. The predicted octanol–water partition coefficient (Wildman–Crippen LogP) is -0.673. The zero-order valence-electron chi connectivity index (χ0n) is 11.7. The van der Waals surface area contributed by atoms with Gasteiger partial charge in [-0.1, -0.05) is 0 Å². The highest BCUT2D eigenvalue weighted by Crippen LogP contribution is 2.12. The molecular formula is C11H14N4O4S2. The Morgan fingerprint density at radius 1 is 1.33 bits per heavy atom. The molecule has 0 aliphatic heterocycles. The molecule has 0 amide bonds. The van der Waals surface area contributed by atoms with Crippen molar-refractivity contribution < 1.29 is 8.42 Å². The summed E-state index contributed by atoms with van der Waals surface area (Å²) >= 11 is 1.36. The highest BCUT2D eigenvalue weighted by atomic mass is 32.2. The van der Waals surface area contributed by atoms with Crippen LogP contribution in [0.15, 0.2) is 26.9 Å². The Kier molecular flexibility index (Phi) is 4.12. The molecule has 0 radical (unpaired) electrons. The lowest BCUT2D eigenvalue weighted by Gasteiger charge is -2.08. The summed E-state index contributed by atoms with van der Waals surface area (Å²) in [5.74, 6) is 0. The maximum Gasteiger partial charge on any atom is 0.330 e. The van der Waals surface area contributed by atoms with Crippen molar-refractivity contribution >= 4 is 21.4 Å². The number of aryl methyl sites for hydroxylation is 2. The molecule has 0 aliphatic rings. The van der Waals surface area contributed by atoms with Crippen LogP contribution in [0.5, 0.6) is 0 Å². The monoisotopic (exact) mass is 330 g/mol. The van der Waals surface area contributed by atoms with E-state index in [-0.39, 0.29) is 6.54 Å². The molecule has 0 bridgehead atoms. The van der Waals surface area contributed by atoms with Crippen LogP contribution in [0, 0.1) is 6.92 Å². The van der Waals surface area contributed by atoms with E-state index in [1.54, 1.807) is 6.20 Å². The molecule has 114 valence electrons. The van der Waals surface area contributed by atoms with Crippen molar-refractivity contribution in [2.75, 3.05) is 0 Å². The van der Waals surface area contributed by atoms with E-state index in [0.717, 1.165) is 25.2 Å². The van der Waals surface area contributed by atoms with Crippen LogP contribution in [0.25, 0.3) is 0 Å². The summed E-state index contributed by atoms with van der Waals surface area (Å²) in [5, 5.41) is 0.821. The van der Waals surface area contributed by atoms with E-state index in [2.05, 4.69) is 9.71 Å². The van der Waals surface area contributed by atoms with Crippen LogP contribution in [0.3, 0.4) is 0 Å². The van der Waals surface area contributed by atoms with E-state index < -0.39 is 26.2 Å². The quantitative estimate of drug-likeness (QED) is 0.801. The van der Waals surface area contributed by atoms with Crippen molar-refractivity contribution in [2.24, 2.45) is 14.1 Å². The highest BCUT2D eigenvalue weighted by molar-refractivity contribution is 7.89. The van der Waals surface area contributed by atoms with Crippen LogP contribution >= 0.6 is 11.3 Å². The summed E-state index contributed by atoms with van der Waals surface area (Å²) < 4.78 is 28.5. The van der Waals surface area contributed by atoms with Crippen molar-refractivity contribution in [3.05, 3.63) is 43.1 Å². The normalized spacial score (nSPS) is 11.8. The van der Waals surface area contributed by atoms with Gasteiger partial charge in [0.25, 0.3) is 5.56 Å². The third-order valence-electron chi connectivity index (χ3n) is 2.81. The number of nitrogens with zero attached hydrogens (tertiary/aromatic N) is 3. The summed E-state index contributed by atoms with van der Waals surface area (Å²) in [7, 11) is -1.39. The van der Waals surface area contributed by atoms with Crippen LogP contribution in [0.1, 0.15) is 9.88 Å². The van der Waals surface area contributed by atoms with Crippen molar-refractivity contribution in [3.8, 4) is 0 Å². The Balaban J connectivity index is 2.36. The molecule has 2 heterocycles. The third kappa shape index (κ3) is 3.12. The van der Waals surface area contributed by atoms with Crippen LogP contribution < -0.4 is 16.0 Å². The lowest BCUT2D eigenvalue weighted by Crippen LogP contribution is -2.41. The molecule has 0 aliphatic carbocycles. The summed E-state index contributed by atoms with van der Waals surface area (Å²) in [6, 6.07) is 0. The molecule has 0 aromatic carbocycles. The maximum absolute atomic E-state index is 12.2. The van der Waals surface area contributed by atoms with Gasteiger partial charge in [0.1, 0.15) is 0 Å². The Morgan fingerprint density at radius 3 is 2.57 bits per heavy atom. The van der Waals surface area contributed by atoms with E-state index in [9.17, 15) is 18.0 Å². The lowest BCUT2D eigenvalue weighted by atomic mass is 10.6. The van der Waals surface area contributed by atoms with Crippen molar-refractivity contribution in [2.45, 2.75) is 18.4 Å². The molecule has 21 heavy (non-hydrogen) atoms. The molecule has 0 saturated heterocycles. The van der Waals surface area contributed by atoms with Gasteiger partial charge >= 0.3 is 5.69 Å². The van der Waals surface area contributed by atoms with Gasteiger partial charge in [0.15, 0.2) is 4.90 Å². The molecule has 0 atom stereocenters. The number of hydrogen-bond donors (Lipinski definition) is 1. The second kappa shape index (κ2) is 5.54. The number of nitrogens with one attached hydrogen (secondary N) is 1. The van der Waals surface area contributed by atoms with Gasteiger partial charge in [0, 0.05) is 37.9 Å². The minimum atomic E-state index is -4.01. The van der Waals surface area contributed by atoms with Gasteiger partial charge < -0.3 is 4.57 Å². The SMILES string of the molecule is Cc1ncc(CNS(=O)(=O)c2cn(C)c(=O)n(C)c2=O)s1. The fraction of sp³-hybridized carbons (Fsp3) is 0.364. The fourth-order valence-electron chi connectivity index (χ4n) is 1.69. The first-order valence-electron chi connectivity index (χ1n) is 5.90. The largest absolute Gasteiger partial charge is 0.330 e. The first-order chi connectivity index (χ1) is 9.72. The number of rotatable bonds is 4. The molecule has 0 saturated carbocycles. The first kappa shape index (κ1) is 15.6. The van der Waals surface area contributed by atoms with Gasteiger partial charge in [0.2, 0.25) is 10.0 Å². The Bertz CT molecular complexity index is 892. The van der Waals surface area contributed by atoms with Crippen LogP contribution in [0.2, 0.25) is 0 Å². The zero-order valence-corrected chi connectivity index (χ0v) is 13.3. The average Bonchev–Trinajstić information content (AvgIpc) is 2.84. The summed E-state index contributed by atoms with van der Waals surface area (Å²) in [6.07, 6.45) is 2.59. The van der Waals surface area contributed by atoms with E-state index in [4.69, 9.17) is 0 Å². The van der Waals surface area contributed by atoms with Gasteiger partial charge in [-0.25, -0.2) is 22.9 Å². The Hall–Kier alpha value is -1.78. The molecule has 0 unspecified atom stereocenters. The van der Waals surface area contributed by atoms with Crippen molar-refractivity contribution in [3.63, 3.8) is 0 Å². The molecular weight excluding hydrogens is 316 g/mol. The van der Waals surface area contributed by atoms with E-state index in [1.165, 1.54) is 25.4 Å². The zero-order chi connectivity index (χ0) is 15.8. The van der Waals surface area contributed by atoms with Crippen LogP contribution in [0.4, 0.5) is 0 Å². The molecule has 2 aromatic heterocycles. The van der Waals surface area contributed by atoms with Gasteiger partial charge in [-0.05, 0) is 6.92 Å². The van der Waals surface area contributed by atoms with Gasteiger partial charge in [-0.3, -0.25) is 9.36 Å². The van der Waals surface area contributed by atoms with E-state index in [0.29, 0.717) is 0 Å².